The third-order valence-corrected chi connectivity index (χ3v) is 2.80. The minimum atomic E-state index is 0.286. The number of hydrogen-bond donors (Lipinski definition) is 1. The van der Waals surface area contributed by atoms with E-state index in [0.29, 0.717) is 5.69 Å². The zero-order chi connectivity index (χ0) is 10.8. The molecule has 1 saturated heterocycles. The molecule has 5 nitrogen and oxygen atoms in total. The van der Waals surface area contributed by atoms with E-state index in [4.69, 9.17) is 16.9 Å². The lowest BCUT2D eigenvalue weighted by Crippen LogP contribution is -2.44. The van der Waals surface area contributed by atoms with Crippen molar-refractivity contribution in [2.75, 3.05) is 31.1 Å². The summed E-state index contributed by atoms with van der Waals surface area (Å²) >= 11 is 5.87. The van der Waals surface area contributed by atoms with E-state index in [1.807, 2.05) is 13.1 Å². The number of imidazole rings is 1. The summed E-state index contributed by atoms with van der Waals surface area (Å²) in [4.78, 5) is 6.34. The fourth-order valence-corrected chi connectivity index (χ4v) is 1.97. The van der Waals surface area contributed by atoms with Gasteiger partial charge in [-0.05, 0) is 0 Å². The Hall–Kier alpha value is -1.25. The second-order valence-corrected chi connectivity index (χ2v) is 3.82. The van der Waals surface area contributed by atoms with Gasteiger partial charge in [-0.25, -0.2) is 0 Å². The van der Waals surface area contributed by atoms with Crippen molar-refractivity contribution >= 4 is 17.5 Å². The summed E-state index contributed by atoms with van der Waals surface area (Å²) in [6, 6.07) is 2.05. The van der Waals surface area contributed by atoms with Crippen LogP contribution in [-0.2, 0) is 7.05 Å². The smallest absolute Gasteiger partial charge is 0.207 e. The van der Waals surface area contributed by atoms with Gasteiger partial charge in [0.1, 0.15) is 6.07 Å². The third kappa shape index (κ3) is 1.78. The van der Waals surface area contributed by atoms with Crippen LogP contribution in [0, 0.1) is 11.3 Å². The summed E-state index contributed by atoms with van der Waals surface area (Å²) in [5.74, 6) is 0.776. The highest BCUT2D eigenvalue weighted by molar-refractivity contribution is 6.30. The Morgan fingerprint density at radius 2 is 2.13 bits per heavy atom. The quantitative estimate of drug-likeness (QED) is 0.750. The molecule has 0 atom stereocenters. The first kappa shape index (κ1) is 10.3. The monoisotopic (exact) mass is 225 g/mol. The number of hydrogen-bond acceptors (Lipinski definition) is 4. The number of nitrogens with one attached hydrogen (secondary N) is 1. The first-order chi connectivity index (χ1) is 7.24. The Morgan fingerprint density at radius 3 is 2.67 bits per heavy atom. The average Bonchev–Trinajstić information content (AvgIpc) is 2.55. The second kappa shape index (κ2) is 4.09. The summed E-state index contributed by atoms with van der Waals surface area (Å²) in [7, 11) is 1.81. The Morgan fingerprint density at radius 1 is 1.47 bits per heavy atom. The van der Waals surface area contributed by atoms with E-state index in [9.17, 15) is 0 Å². The topological polar surface area (TPSA) is 56.9 Å². The van der Waals surface area contributed by atoms with Crippen LogP contribution in [0.3, 0.4) is 0 Å². The molecule has 0 radical (unpaired) electrons. The van der Waals surface area contributed by atoms with Crippen LogP contribution in [-0.4, -0.2) is 35.7 Å². The highest BCUT2D eigenvalue weighted by atomic mass is 35.5. The Labute approximate surface area is 93.3 Å². The van der Waals surface area contributed by atoms with E-state index in [1.54, 1.807) is 4.57 Å². The molecule has 2 rings (SSSR count). The average molecular weight is 226 g/mol. The molecule has 0 spiro atoms. The van der Waals surface area contributed by atoms with Gasteiger partial charge in [-0.15, -0.1) is 0 Å². The molecular weight excluding hydrogens is 214 g/mol. The molecule has 1 aliphatic rings. The van der Waals surface area contributed by atoms with Gasteiger partial charge in [-0.2, -0.15) is 10.2 Å². The van der Waals surface area contributed by atoms with E-state index in [-0.39, 0.29) is 5.15 Å². The fraction of sp³-hybridized carbons (Fsp3) is 0.556. The van der Waals surface area contributed by atoms with Crippen LogP contribution in [0.25, 0.3) is 0 Å². The molecule has 0 aromatic carbocycles. The van der Waals surface area contributed by atoms with Crippen LogP contribution in [0.1, 0.15) is 5.69 Å². The fourth-order valence-electron chi connectivity index (χ4n) is 1.72. The Kier molecular flexibility index (Phi) is 2.80. The number of anilines is 1. The molecule has 80 valence electrons. The number of halogens is 1. The number of nitriles is 1. The molecule has 0 bridgehead atoms. The minimum absolute atomic E-state index is 0.286. The minimum Gasteiger partial charge on any atom is -0.340 e. The van der Waals surface area contributed by atoms with Crippen molar-refractivity contribution in [3.05, 3.63) is 10.8 Å². The van der Waals surface area contributed by atoms with Crippen LogP contribution in [0.2, 0.25) is 5.15 Å². The van der Waals surface area contributed by atoms with Crippen LogP contribution in [0.5, 0.6) is 0 Å². The molecule has 1 N–H and O–H groups in total. The van der Waals surface area contributed by atoms with Crippen molar-refractivity contribution in [3.8, 4) is 6.07 Å². The lowest BCUT2D eigenvalue weighted by molar-refractivity contribution is 0.573. The molecule has 2 heterocycles. The number of aromatic nitrogens is 2. The summed E-state index contributed by atoms with van der Waals surface area (Å²) in [6.45, 7) is 3.66. The Balaban J connectivity index is 2.32. The standard InChI is InChI=1S/C9H12ClN5/c1-14-7(6-11)8(10)13-9(14)15-4-2-12-3-5-15/h12H,2-5H2,1H3. The van der Waals surface area contributed by atoms with Crippen LogP contribution in [0.15, 0.2) is 0 Å². The van der Waals surface area contributed by atoms with Gasteiger partial charge in [0.2, 0.25) is 5.95 Å². The molecule has 0 amide bonds. The van der Waals surface area contributed by atoms with Crippen molar-refractivity contribution in [2.24, 2.45) is 7.05 Å². The molecule has 1 aliphatic heterocycles. The maximum absolute atomic E-state index is 8.88. The largest absolute Gasteiger partial charge is 0.340 e. The maximum Gasteiger partial charge on any atom is 0.207 e. The van der Waals surface area contributed by atoms with Gasteiger partial charge in [0, 0.05) is 33.2 Å². The summed E-state index contributed by atoms with van der Waals surface area (Å²) in [6.07, 6.45) is 0. The van der Waals surface area contributed by atoms with E-state index in [2.05, 4.69) is 15.2 Å². The highest BCUT2D eigenvalue weighted by Gasteiger charge is 2.19. The summed E-state index contributed by atoms with van der Waals surface area (Å²) < 4.78 is 1.74. The van der Waals surface area contributed by atoms with Gasteiger partial charge in [0.15, 0.2) is 10.8 Å². The van der Waals surface area contributed by atoms with E-state index < -0.39 is 0 Å². The lowest BCUT2D eigenvalue weighted by atomic mass is 10.4. The van der Waals surface area contributed by atoms with E-state index >= 15 is 0 Å². The van der Waals surface area contributed by atoms with Gasteiger partial charge in [-0.3, -0.25) is 0 Å². The first-order valence-corrected chi connectivity index (χ1v) is 5.20. The highest BCUT2D eigenvalue weighted by Crippen LogP contribution is 2.21. The molecule has 1 aromatic rings. The molecule has 15 heavy (non-hydrogen) atoms. The predicted molar refractivity (Wildman–Crippen MR) is 58.0 cm³/mol. The molecule has 0 aliphatic carbocycles. The molecule has 1 fully saturated rings. The van der Waals surface area contributed by atoms with Gasteiger partial charge in [0.05, 0.1) is 0 Å². The van der Waals surface area contributed by atoms with Gasteiger partial charge >= 0.3 is 0 Å². The van der Waals surface area contributed by atoms with Gasteiger partial charge < -0.3 is 14.8 Å². The SMILES string of the molecule is Cn1c(N2CCNCC2)nc(Cl)c1C#N. The van der Waals surface area contributed by atoms with Crippen molar-refractivity contribution in [2.45, 2.75) is 0 Å². The van der Waals surface area contributed by atoms with Crippen molar-refractivity contribution in [1.82, 2.24) is 14.9 Å². The van der Waals surface area contributed by atoms with Gasteiger partial charge in [0.25, 0.3) is 0 Å². The van der Waals surface area contributed by atoms with Crippen LogP contribution in [0.4, 0.5) is 5.95 Å². The normalized spacial score (nSPS) is 16.5. The molecule has 0 saturated carbocycles. The van der Waals surface area contributed by atoms with Crippen molar-refractivity contribution in [1.29, 1.82) is 5.26 Å². The van der Waals surface area contributed by atoms with Crippen LogP contribution >= 0.6 is 11.6 Å². The zero-order valence-corrected chi connectivity index (χ0v) is 9.25. The number of rotatable bonds is 1. The summed E-state index contributed by atoms with van der Waals surface area (Å²) in [5.41, 5.74) is 0.421. The maximum atomic E-state index is 8.88. The van der Waals surface area contributed by atoms with Crippen molar-refractivity contribution in [3.63, 3.8) is 0 Å². The molecule has 1 aromatic heterocycles. The second-order valence-electron chi connectivity index (χ2n) is 3.46. The first-order valence-electron chi connectivity index (χ1n) is 4.82. The number of nitrogens with zero attached hydrogens (tertiary/aromatic N) is 4. The molecule has 0 unspecified atom stereocenters. The van der Waals surface area contributed by atoms with Crippen molar-refractivity contribution < 1.29 is 0 Å². The number of piperazine rings is 1. The molecule has 6 heteroatoms. The zero-order valence-electron chi connectivity index (χ0n) is 8.50. The lowest BCUT2D eigenvalue weighted by Gasteiger charge is -2.28. The third-order valence-electron chi connectivity index (χ3n) is 2.53. The van der Waals surface area contributed by atoms with E-state index in [1.165, 1.54) is 0 Å². The van der Waals surface area contributed by atoms with Crippen LogP contribution < -0.4 is 10.2 Å². The van der Waals surface area contributed by atoms with E-state index in [0.717, 1.165) is 32.1 Å². The Bertz CT molecular complexity index is 399. The summed E-state index contributed by atoms with van der Waals surface area (Å²) in [5, 5.41) is 12.4. The predicted octanol–water partition coefficient (Wildman–Crippen LogP) is 0.355. The van der Waals surface area contributed by atoms with Gasteiger partial charge in [-0.1, -0.05) is 11.6 Å². The molecular formula is C9H12ClN5.